The third kappa shape index (κ3) is 4.39. The number of thiazole rings is 1. The lowest BCUT2D eigenvalue weighted by Crippen LogP contribution is -2.41. The summed E-state index contributed by atoms with van der Waals surface area (Å²) in [6.07, 6.45) is 1.38. The van der Waals surface area contributed by atoms with Crippen molar-refractivity contribution in [3.05, 3.63) is 46.7 Å². The molecule has 2 aromatic carbocycles. The van der Waals surface area contributed by atoms with Gasteiger partial charge in [-0.15, -0.1) is 0 Å². The Balaban J connectivity index is 1.59. The van der Waals surface area contributed by atoms with Crippen LogP contribution in [0.2, 0.25) is 0 Å². The van der Waals surface area contributed by atoms with Crippen LogP contribution in [0.25, 0.3) is 10.2 Å². The number of nitrogens with zero attached hydrogens (tertiary/aromatic N) is 3. The van der Waals surface area contributed by atoms with Gasteiger partial charge < -0.3 is 16.0 Å². The zero-order valence-electron chi connectivity index (χ0n) is 15.9. The van der Waals surface area contributed by atoms with Crippen LogP contribution in [0.1, 0.15) is 12.8 Å². The normalized spacial score (nSPS) is 13.8. The summed E-state index contributed by atoms with van der Waals surface area (Å²) in [5.74, 6) is -0.311. The van der Waals surface area contributed by atoms with Crippen molar-refractivity contribution in [3.63, 3.8) is 0 Å². The summed E-state index contributed by atoms with van der Waals surface area (Å²) >= 11 is 4.47. The molecule has 0 spiro atoms. The number of nitrogens with one attached hydrogen (secondary N) is 1. The Labute approximate surface area is 184 Å². The van der Waals surface area contributed by atoms with Gasteiger partial charge in [-0.3, -0.25) is 9.69 Å². The molecule has 0 bridgehead atoms. The number of rotatable bonds is 5. The van der Waals surface area contributed by atoms with Crippen molar-refractivity contribution < 1.29 is 14.0 Å². The van der Waals surface area contributed by atoms with Gasteiger partial charge in [-0.2, -0.15) is 0 Å². The maximum atomic E-state index is 13.5. The highest BCUT2D eigenvalue weighted by Gasteiger charge is 2.23. The minimum absolute atomic E-state index is 0.100. The Hall–Kier alpha value is -2.72. The molecule has 0 unspecified atom stereocenters. The molecule has 0 aliphatic carbocycles. The average molecular weight is 492 g/mol. The van der Waals surface area contributed by atoms with Crippen LogP contribution in [0.3, 0.4) is 0 Å². The van der Waals surface area contributed by atoms with E-state index in [1.807, 2.05) is 12.1 Å². The van der Waals surface area contributed by atoms with Crippen molar-refractivity contribution in [1.82, 2.24) is 9.88 Å². The Morgan fingerprint density at radius 2 is 2.17 bits per heavy atom. The topological polar surface area (TPSA) is 91.6 Å². The number of urea groups is 1. The molecule has 1 aromatic heterocycles. The fourth-order valence-corrected chi connectivity index (χ4v) is 4.52. The molecule has 3 amide bonds. The van der Waals surface area contributed by atoms with Crippen molar-refractivity contribution in [1.29, 1.82) is 0 Å². The molecule has 0 atom stereocenters. The molecule has 30 heavy (non-hydrogen) atoms. The summed E-state index contributed by atoms with van der Waals surface area (Å²) in [5.41, 5.74) is 7.68. The van der Waals surface area contributed by atoms with Crippen molar-refractivity contribution >= 4 is 65.9 Å². The molecule has 4 rings (SSSR count). The first-order valence-electron chi connectivity index (χ1n) is 9.38. The molecule has 1 saturated heterocycles. The molecule has 3 aromatic rings. The van der Waals surface area contributed by atoms with Gasteiger partial charge >= 0.3 is 6.03 Å². The maximum Gasteiger partial charge on any atom is 0.326 e. The maximum absolute atomic E-state index is 13.5. The van der Waals surface area contributed by atoms with Crippen LogP contribution in [0.5, 0.6) is 0 Å². The summed E-state index contributed by atoms with van der Waals surface area (Å²) in [6, 6.07) is 9.36. The van der Waals surface area contributed by atoms with E-state index in [0.717, 1.165) is 16.6 Å². The van der Waals surface area contributed by atoms with E-state index >= 15 is 0 Å². The number of benzene rings is 2. The number of likely N-dealkylation sites (tertiary alicyclic amines) is 1. The minimum Gasteiger partial charge on any atom is -0.375 e. The summed E-state index contributed by atoms with van der Waals surface area (Å²) in [5, 5.41) is 3.25. The second-order valence-electron chi connectivity index (χ2n) is 6.90. The number of amides is 3. The zero-order valence-corrected chi connectivity index (χ0v) is 18.3. The standard InChI is InChI=1S/C20H19BrFN5O2S/c21-14-10-12(3-5-15(14)22)24-20(29)27(9-8-26-7-1-2-18(26)28)13-4-6-16-17(11-13)30-19(23)25-16/h3-6,10-11H,1-2,7-9H2,(H2,23,25)(H,24,29). The average Bonchev–Trinajstić information content (AvgIpc) is 3.28. The summed E-state index contributed by atoms with van der Waals surface area (Å²) in [4.78, 5) is 32.7. The lowest BCUT2D eigenvalue weighted by molar-refractivity contribution is -0.127. The first kappa shape index (κ1) is 20.5. The molecule has 156 valence electrons. The van der Waals surface area contributed by atoms with Gasteiger partial charge in [0.05, 0.1) is 14.7 Å². The second-order valence-corrected chi connectivity index (χ2v) is 8.82. The van der Waals surface area contributed by atoms with E-state index in [1.54, 1.807) is 15.9 Å². The molecule has 0 saturated carbocycles. The van der Waals surface area contributed by atoms with E-state index in [-0.39, 0.29) is 16.4 Å². The van der Waals surface area contributed by atoms with Crippen LogP contribution < -0.4 is 16.0 Å². The van der Waals surface area contributed by atoms with Crippen molar-refractivity contribution in [2.45, 2.75) is 12.8 Å². The number of anilines is 3. The van der Waals surface area contributed by atoms with Crippen LogP contribution in [0.4, 0.5) is 25.7 Å². The number of aromatic nitrogens is 1. The highest BCUT2D eigenvalue weighted by atomic mass is 79.9. The molecule has 0 radical (unpaired) electrons. The van der Waals surface area contributed by atoms with Crippen molar-refractivity contribution in [3.8, 4) is 0 Å². The molecule has 2 heterocycles. The van der Waals surface area contributed by atoms with Gasteiger partial charge in [0.15, 0.2) is 5.13 Å². The van der Waals surface area contributed by atoms with Crippen molar-refractivity contribution in [2.24, 2.45) is 0 Å². The van der Waals surface area contributed by atoms with Gasteiger partial charge in [-0.25, -0.2) is 14.2 Å². The number of carbonyl (C=O) groups is 2. The lowest BCUT2D eigenvalue weighted by atomic mass is 10.2. The van der Waals surface area contributed by atoms with E-state index < -0.39 is 5.82 Å². The zero-order chi connectivity index (χ0) is 21.3. The number of hydrogen-bond acceptors (Lipinski definition) is 5. The third-order valence-corrected chi connectivity index (χ3v) is 6.34. The quantitative estimate of drug-likeness (QED) is 0.551. The predicted molar refractivity (Wildman–Crippen MR) is 120 cm³/mol. The van der Waals surface area contributed by atoms with Crippen LogP contribution in [0.15, 0.2) is 40.9 Å². The minimum atomic E-state index is -0.411. The predicted octanol–water partition coefficient (Wildman–Crippen LogP) is 4.44. The van der Waals surface area contributed by atoms with Gasteiger partial charge in [-0.1, -0.05) is 11.3 Å². The fraction of sp³-hybridized carbons (Fsp3) is 0.250. The molecule has 1 aliphatic rings. The van der Waals surface area contributed by atoms with Crippen LogP contribution in [0, 0.1) is 5.82 Å². The van der Waals surface area contributed by atoms with E-state index in [9.17, 15) is 14.0 Å². The molecular formula is C20H19BrFN5O2S. The Kier molecular flexibility index (Phi) is 5.87. The van der Waals surface area contributed by atoms with Gasteiger partial charge in [-0.05, 0) is 58.7 Å². The number of nitrogen functional groups attached to an aromatic ring is 1. The first-order chi connectivity index (χ1) is 14.4. The van der Waals surface area contributed by atoms with E-state index in [1.165, 1.54) is 29.5 Å². The van der Waals surface area contributed by atoms with Gasteiger partial charge in [0.1, 0.15) is 5.82 Å². The highest BCUT2D eigenvalue weighted by molar-refractivity contribution is 9.10. The van der Waals surface area contributed by atoms with E-state index in [2.05, 4.69) is 26.2 Å². The number of carbonyl (C=O) groups excluding carboxylic acids is 2. The van der Waals surface area contributed by atoms with Gasteiger partial charge in [0.25, 0.3) is 0 Å². The number of fused-ring (bicyclic) bond motifs is 1. The summed E-state index contributed by atoms with van der Waals surface area (Å²) in [7, 11) is 0. The Morgan fingerprint density at radius 3 is 2.90 bits per heavy atom. The van der Waals surface area contributed by atoms with Gasteiger partial charge in [0, 0.05) is 37.4 Å². The third-order valence-electron chi connectivity index (χ3n) is 4.88. The van der Waals surface area contributed by atoms with Crippen molar-refractivity contribution in [2.75, 3.05) is 35.6 Å². The SMILES string of the molecule is Nc1nc2ccc(N(CCN3CCCC3=O)C(=O)Nc3ccc(F)c(Br)c3)cc2s1. The molecular weight excluding hydrogens is 473 g/mol. The van der Waals surface area contributed by atoms with Crippen LogP contribution in [-0.4, -0.2) is 41.5 Å². The van der Waals surface area contributed by atoms with Crippen LogP contribution in [-0.2, 0) is 4.79 Å². The van der Waals surface area contributed by atoms with Crippen LogP contribution >= 0.6 is 27.3 Å². The largest absolute Gasteiger partial charge is 0.375 e. The Morgan fingerprint density at radius 1 is 1.33 bits per heavy atom. The molecule has 1 aliphatic heterocycles. The van der Waals surface area contributed by atoms with E-state index in [0.29, 0.717) is 42.6 Å². The molecule has 1 fully saturated rings. The second kappa shape index (κ2) is 8.57. The Bertz CT molecular complexity index is 1120. The number of nitrogens with two attached hydrogens (primary N) is 1. The van der Waals surface area contributed by atoms with Gasteiger partial charge in [0.2, 0.25) is 5.91 Å². The fourth-order valence-electron chi connectivity index (χ4n) is 3.37. The monoisotopic (exact) mass is 491 g/mol. The molecule has 10 heteroatoms. The van der Waals surface area contributed by atoms with E-state index in [4.69, 9.17) is 5.73 Å². The first-order valence-corrected chi connectivity index (χ1v) is 11.0. The summed E-state index contributed by atoms with van der Waals surface area (Å²) < 4.78 is 14.6. The number of halogens is 2. The smallest absolute Gasteiger partial charge is 0.326 e. The molecule has 3 N–H and O–H groups in total. The highest BCUT2D eigenvalue weighted by Crippen LogP contribution is 2.29. The lowest BCUT2D eigenvalue weighted by Gasteiger charge is -2.26. The number of hydrogen-bond donors (Lipinski definition) is 2. The molecule has 7 nitrogen and oxygen atoms in total. The summed E-state index contributed by atoms with van der Waals surface area (Å²) in [6.45, 7) is 1.45.